The van der Waals surface area contributed by atoms with Gasteiger partial charge in [0, 0.05) is 19.1 Å². The van der Waals surface area contributed by atoms with E-state index in [0.717, 1.165) is 32.6 Å². The van der Waals surface area contributed by atoms with Crippen LogP contribution in [0.5, 0.6) is 5.75 Å². The van der Waals surface area contributed by atoms with Gasteiger partial charge in [-0.2, -0.15) is 0 Å². The largest absolute Gasteiger partial charge is 0.496 e. The number of halogens is 1. The monoisotopic (exact) mass is 391 g/mol. The lowest BCUT2D eigenvalue weighted by molar-refractivity contribution is 0.0782. The summed E-state index contributed by atoms with van der Waals surface area (Å²) in [5.41, 5.74) is 1.25. The number of rotatable bonds is 6. The molecule has 0 saturated carbocycles. The molecule has 3 rings (SSSR count). The Labute approximate surface area is 163 Å². The van der Waals surface area contributed by atoms with Crippen LogP contribution in [-0.2, 0) is 0 Å². The maximum Gasteiger partial charge on any atom is 0.265 e. The van der Waals surface area contributed by atoms with Crippen LogP contribution in [-0.4, -0.2) is 60.0 Å². The van der Waals surface area contributed by atoms with Crippen LogP contribution < -0.4 is 4.74 Å². The number of hydrogen-bond acceptors (Lipinski definition) is 5. The summed E-state index contributed by atoms with van der Waals surface area (Å²) in [7, 11) is 1.54. The van der Waals surface area contributed by atoms with E-state index in [2.05, 4.69) is 23.7 Å². The normalized spacial score (nSPS) is 17.0. The van der Waals surface area contributed by atoms with Crippen molar-refractivity contribution < 1.29 is 13.9 Å². The first-order valence-corrected chi connectivity index (χ1v) is 10.1. The highest BCUT2D eigenvalue weighted by atomic mass is 32.1. The second kappa shape index (κ2) is 8.35. The number of nitrogens with zero attached hydrogens (tertiary/aromatic N) is 3. The van der Waals surface area contributed by atoms with Gasteiger partial charge in [0.25, 0.3) is 5.91 Å². The molecule has 1 amide bonds. The third-order valence-corrected chi connectivity index (χ3v) is 6.34. The van der Waals surface area contributed by atoms with Gasteiger partial charge in [0.15, 0.2) is 0 Å². The van der Waals surface area contributed by atoms with Crippen LogP contribution in [0.15, 0.2) is 18.2 Å². The van der Waals surface area contributed by atoms with Gasteiger partial charge in [-0.3, -0.25) is 9.69 Å². The van der Waals surface area contributed by atoms with E-state index in [4.69, 9.17) is 4.74 Å². The maximum atomic E-state index is 13.7. The zero-order chi connectivity index (χ0) is 19.6. The predicted octanol–water partition coefficient (Wildman–Crippen LogP) is 3.82. The molecular formula is C20H26FN3O2S. The van der Waals surface area contributed by atoms with E-state index in [1.807, 2.05) is 11.8 Å². The molecule has 0 spiro atoms. The second-order valence-electron chi connectivity index (χ2n) is 6.69. The van der Waals surface area contributed by atoms with Gasteiger partial charge in [0.05, 0.1) is 18.4 Å². The van der Waals surface area contributed by atoms with Gasteiger partial charge in [0.1, 0.15) is 21.5 Å². The first-order chi connectivity index (χ1) is 13.0. The summed E-state index contributed by atoms with van der Waals surface area (Å²) in [5, 5.41) is 0.603. The molecule has 1 aliphatic heterocycles. The maximum absolute atomic E-state index is 13.7. The standard InChI is InChI=1S/C20H26FN3O2S/c1-5-23(6-2)15-9-10-24(12-15)20(25)18-13(3)22-19(27-18)16-11-14(21)7-8-17(16)26-4/h7-8,11,15H,5-6,9-10,12H2,1-4H3. The molecule has 1 unspecified atom stereocenters. The second-order valence-corrected chi connectivity index (χ2v) is 7.69. The quantitative estimate of drug-likeness (QED) is 0.751. The molecule has 0 aliphatic carbocycles. The predicted molar refractivity (Wildman–Crippen MR) is 106 cm³/mol. The van der Waals surface area contributed by atoms with Gasteiger partial charge < -0.3 is 9.64 Å². The van der Waals surface area contributed by atoms with Gasteiger partial charge in [0.2, 0.25) is 0 Å². The zero-order valence-corrected chi connectivity index (χ0v) is 17.1. The molecule has 0 radical (unpaired) electrons. The zero-order valence-electron chi connectivity index (χ0n) is 16.3. The number of likely N-dealkylation sites (tertiary alicyclic amines) is 1. The number of thiazole rings is 1. The molecule has 1 aromatic heterocycles. The SMILES string of the molecule is CCN(CC)C1CCN(C(=O)c2sc(-c3cc(F)ccc3OC)nc2C)C1. The van der Waals surface area contributed by atoms with Crippen molar-refractivity contribution in [2.24, 2.45) is 0 Å². The Morgan fingerprint density at radius 3 is 2.81 bits per heavy atom. The number of likely N-dealkylation sites (N-methyl/N-ethyl adjacent to an activating group) is 1. The lowest BCUT2D eigenvalue weighted by atomic mass is 10.2. The fraction of sp³-hybridized carbons (Fsp3) is 0.500. The summed E-state index contributed by atoms with van der Waals surface area (Å²) in [4.78, 5) is 22.5. The lowest BCUT2D eigenvalue weighted by Crippen LogP contribution is -2.38. The van der Waals surface area contributed by atoms with Gasteiger partial charge in [-0.25, -0.2) is 9.37 Å². The average Bonchev–Trinajstić information content (AvgIpc) is 3.29. The van der Waals surface area contributed by atoms with E-state index in [1.165, 1.54) is 23.5 Å². The van der Waals surface area contributed by atoms with Crippen LogP contribution in [0.2, 0.25) is 0 Å². The molecule has 5 nitrogen and oxygen atoms in total. The van der Waals surface area contributed by atoms with Gasteiger partial charge in [-0.1, -0.05) is 13.8 Å². The van der Waals surface area contributed by atoms with E-state index in [9.17, 15) is 9.18 Å². The van der Waals surface area contributed by atoms with Crippen LogP contribution in [0, 0.1) is 12.7 Å². The Kier molecular flexibility index (Phi) is 6.11. The van der Waals surface area contributed by atoms with E-state index < -0.39 is 0 Å². The number of hydrogen-bond donors (Lipinski definition) is 0. The van der Waals surface area contributed by atoms with Crippen LogP contribution in [0.25, 0.3) is 10.6 Å². The van der Waals surface area contributed by atoms with Crippen molar-refractivity contribution in [1.29, 1.82) is 0 Å². The minimum absolute atomic E-state index is 0.0151. The highest BCUT2D eigenvalue weighted by molar-refractivity contribution is 7.17. The first kappa shape index (κ1) is 19.8. The summed E-state index contributed by atoms with van der Waals surface area (Å²) in [6, 6.07) is 4.75. The summed E-state index contributed by atoms with van der Waals surface area (Å²) in [5.74, 6) is 0.210. The van der Waals surface area contributed by atoms with Crippen molar-refractivity contribution in [2.75, 3.05) is 33.3 Å². The Morgan fingerprint density at radius 2 is 2.15 bits per heavy atom. The molecule has 7 heteroatoms. The van der Waals surface area contributed by atoms with Gasteiger partial charge in [-0.15, -0.1) is 11.3 Å². The number of carbonyl (C=O) groups excluding carboxylic acids is 1. The van der Waals surface area contributed by atoms with Crippen LogP contribution in [0.4, 0.5) is 4.39 Å². The number of ether oxygens (including phenoxy) is 1. The smallest absolute Gasteiger partial charge is 0.265 e. The number of benzene rings is 1. The van der Waals surface area contributed by atoms with E-state index in [-0.39, 0.29) is 11.7 Å². The highest BCUT2D eigenvalue weighted by Gasteiger charge is 2.31. The minimum atomic E-state index is -0.354. The fourth-order valence-corrected chi connectivity index (χ4v) is 4.72. The number of amides is 1. The molecule has 2 aromatic rings. The molecule has 0 N–H and O–H groups in total. The molecule has 1 aromatic carbocycles. The molecule has 146 valence electrons. The Bertz CT molecular complexity index is 820. The number of aromatic nitrogens is 1. The van der Waals surface area contributed by atoms with Crippen molar-refractivity contribution in [3.8, 4) is 16.3 Å². The van der Waals surface area contributed by atoms with Crippen molar-refractivity contribution >= 4 is 17.2 Å². The van der Waals surface area contributed by atoms with Crippen LogP contribution >= 0.6 is 11.3 Å². The van der Waals surface area contributed by atoms with Crippen molar-refractivity contribution in [3.63, 3.8) is 0 Å². The summed E-state index contributed by atoms with van der Waals surface area (Å²) >= 11 is 1.30. The lowest BCUT2D eigenvalue weighted by Gasteiger charge is -2.26. The minimum Gasteiger partial charge on any atom is -0.496 e. The summed E-state index contributed by atoms with van der Waals surface area (Å²) in [6.45, 7) is 9.63. The molecule has 2 heterocycles. The van der Waals surface area contributed by atoms with Crippen molar-refractivity contribution in [1.82, 2.24) is 14.8 Å². The molecule has 1 fully saturated rings. The Morgan fingerprint density at radius 1 is 1.41 bits per heavy atom. The van der Waals surface area contributed by atoms with Gasteiger partial charge in [-0.05, 0) is 44.6 Å². The number of methoxy groups -OCH3 is 1. The topological polar surface area (TPSA) is 45.7 Å². The molecule has 27 heavy (non-hydrogen) atoms. The third kappa shape index (κ3) is 3.99. The van der Waals surface area contributed by atoms with E-state index in [1.54, 1.807) is 13.2 Å². The Hall–Kier alpha value is -1.99. The summed E-state index contributed by atoms with van der Waals surface area (Å²) < 4.78 is 19.0. The summed E-state index contributed by atoms with van der Waals surface area (Å²) in [6.07, 6.45) is 0.996. The van der Waals surface area contributed by atoms with Crippen molar-refractivity contribution in [2.45, 2.75) is 33.2 Å². The van der Waals surface area contributed by atoms with E-state index in [0.29, 0.717) is 32.9 Å². The van der Waals surface area contributed by atoms with Crippen LogP contribution in [0.3, 0.4) is 0 Å². The fourth-order valence-electron chi connectivity index (χ4n) is 3.67. The van der Waals surface area contributed by atoms with E-state index >= 15 is 0 Å². The first-order valence-electron chi connectivity index (χ1n) is 9.33. The van der Waals surface area contributed by atoms with Crippen molar-refractivity contribution in [3.05, 3.63) is 34.6 Å². The average molecular weight is 392 g/mol. The highest BCUT2D eigenvalue weighted by Crippen LogP contribution is 2.35. The molecule has 1 atom stereocenters. The number of carbonyl (C=O) groups is 1. The molecule has 1 aliphatic rings. The molecule has 1 saturated heterocycles. The molecular weight excluding hydrogens is 365 g/mol. The third-order valence-electron chi connectivity index (χ3n) is 5.16. The van der Waals surface area contributed by atoms with Crippen LogP contribution in [0.1, 0.15) is 35.6 Å². The number of aryl methyl sites for hydroxylation is 1. The molecule has 0 bridgehead atoms. The van der Waals surface area contributed by atoms with Gasteiger partial charge >= 0.3 is 0 Å². The Balaban J connectivity index is 1.83.